The van der Waals surface area contributed by atoms with Gasteiger partial charge in [0.2, 0.25) is 0 Å². The van der Waals surface area contributed by atoms with Crippen LogP contribution in [-0.4, -0.2) is 14.8 Å². The Balaban J connectivity index is 2.43. The molecule has 0 spiro atoms. The lowest BCUT2D eigenvalue weighted by Crippen LogP contribution is -1.93. The summed E-state index contributed by atoms with van der Waals surface area (Å²) in [6.07, 6.45) is 3.00. The van der Waals surface area contributed by atoms with Crippen molar-refractivity contribution in [1.82, 2.24) is 14.8 Å². The molecule has 1 heterocycles. The van der Waals surface area contributed by atoms with Gasteiger partial charge in [0.25, 0.3) is 0 Å². The van der Waals surface area contributed by atoms with Crippen LogP contribution in [0, 0.1) is 5.82 Å². The predicted octanol–water partition coefficient (Wildman–Crippen LogP) is 1.41. The Hall–Kier alpha value is -1.71. The van der Waals surface area contributed by atoms with Crippen LogP contribution in [0.3, 0.4) is 0 Å². The van der Waals surface area contributed by atoms with Gasteiger partial charge in [0.15, 0.2) is 0 Å². The molecule has 1 aromatic heterocycles. The Morgan fingerprint density at radius 2 is 1.92 bits per heavy atom. The summed E-state index contributed by atoms with van der Waals surface area (Å²) in [7, 11) is 0. The SMILES string of the molecule is Fc1ccc(-n2cncn2)cc1. The van der Waals surface area contributed by atoms with Gasteiger partial charge in [0, 0.05) is 0 Å². The molecule has 0 fully saturated rings. The summed E-state index contributed by atoms with van der Waals surface area (Å²) in [4.78, 5) is 3.78. The molecule has 2 rings (SSSR count). The molecule has 1 aromatic carbocycles. The van der Waals surface area contributed by atoms with Crippen LogP contribution >= 0.6 is 0 Å². The molecule has 0 N–H and O–H groups in total. The Morgan fingerprint density at radius 3 is 2.50 bits per heavy atom. The highest BCUT2D eigenvalue weighted by Crippen LogP contribution is 2.05. The maximum Gasteiger partial charge on any atom is 0.138 e. The van der Waals surface area contributed by atoms with Crippen LogP contribution in [0.4, 0.5) is 4.39 Å². The van der Waals surface area contributed by atoms with Gasteiger partial charge in [-0.2, -0.15) is 5.10 Å². The van der Waals surface area contributed by atoms with Crippen molar-refractivity contribution in [3.8, 4) is 5.69 Å². The Bertz CT molecular complexity index is 352. The normalized spacial score (nSPS) is 10.1. The van der Waals surface area contributed by atoms with Gasteiger partial charge in [-0.1, -0.05) is 0 Å². The van der Waals surface area contributed by atoms with Crippen LogP contribution in [0.1, 0.15) is 0 Å². The number of hydrogen-bond acceptors (Lipinski definition) is 2. The molecule has 0 aliphatic rings. The van der Waals surface area contributed by atoms with Gasteiger partial charge < -0.3 is 0 Å². The second-order valence-corrected chi connectivity index (χ2v) is 2.32. The van der Waals surface area contributed by atoms with Gasteiger partial charge in [0.1, 0.15) is 18.5 Å². The minimum Gasteiger partial charge on any atom is -0.223 e. The zero-order valence-corrected chi connectivity index (χ0v) is 6.18. The molecule has 0 aliphatic heterocycles. The van der Waals surface area contributed by atoms with E-state index >= 15 is 0 Å². The van der Waals surface area contributed by atoms with E-state index in [0.29, 0.717) is 0 Å². The van der Waals surface area contributed by atoms with Crippen molar-refractivity contribution < 1.29 is 4.39 Å². The first kappa shape index (κ1) is 6.97. The molecule has 4 heteroatoms. The number of nitrogens with zero attached hydrogens (tertiary/aromatic N) is 3. The number of halogens is 1. The summed E-state index contributed by atoms with van der Waals surface area (Å²) in [5.74, 6) is -0.251. The summed E-state index contributed by atoms with van der Waals surface area (Å²) in [5, 5.41) is 3.90. The monoisotopic (exact) mass is 163 g/mol. The smallest absolute Gasteiger partial charge is 0.138 e. The van der Waals surface area contributed by atoms with Crippen molar-refractivity contribution in [3.63, 3.8) is 0 Å². The number of rotatable bonds is 1. The summed E-state index contributed by atoms with van der Waals surface area (Å²) >= 11 is 0. The lowest BCUT2D eigenvalue weighted by Gasteiger charge is -1.97. The minimum absolute atomic E-state index is 0.251. The molecule has 0 amide bonds. The lowest BCUT2D eigenvalue weighted by atomic mass is 10.3. The molecule has 2 aromatic rings. The van der Waals surface area contributed by atoms with Crippen LogP contribution in [0.25, 0.3) is 5.69 Å². The maximum absolute atomic E-state index is 12.5. The molecule has 3 nitrogen and oxygen atoms in total. The highest BCUT2D eigenvalue weighted by Gasteiger charge is 1.95. The molecule has 0 aliphatic carbocycles. The van der Waals surface area contributed by atoms with Crippen molar-refractivity contribution in [1.29, 1.82) is 0 Å². The summed E-state index contributed by atoms with van der Waals surface area (Å²) < 4.78 is 14.1. The third-order valence-corrected chi connectivity index (χ3v) is 1.51. The second-order valence-electron chi connectivity index (χ2n) is 2.32. The zero-order valence-electron chi connectivity index (χ0n) is 6.18. The van der Waals surface area contributed by atoms with Crippen LogP contribution < -0.4 is 0 Å². The van der Waals surface area contributed by atoms with Gasteiger partial charge in [-0.25, -0.2) is 14.1 Å². The fraction of sp³-hybridized carbons (Fsp3) is 0. The van der Waals surface area contributed by atoms with Crippen LogP contribution in [-0.2, 0) is 0 Å². The highest BCUT2D eigenvalue weighted by atomic mass is 19.1. The van der Waals surface area contributed by atoms with E-state index in [9.17, 15) is 4.39 Å². The van der Waals surface area contributed by atoms with E-state index in [4.69, 9.17) is 0 Å². The standard InChI is InChI=1S/C8H6FN3/c9-7-1-3-8(4-2-7)12-6-10-5-11-12/h1-6H. The summed E-state index contributed by atoms with van der Waals surface area (Å²) in [6.45, 7) is 0. The topological polar surface area (TPSA) is 30.7 Å². The molecular formula is C8H6FN3. The molecule has 0 unspecified atom stereocenters. The highest BCUT2D eigenvalue weighted by molar-refractivity contribution is 5.29. The van der Waals surface area contributed by atoms with E-state index in [1.807, 2.05) is 0 Å². The average Bonchev–Trinajstić information content (AvgIpc) is 2.58. The van der Waals surface area contributed by atoms with Gasteiger partial charge >= 0.3 is 0 Å². The van der Waals surface area contributed by atoms with E-state index in [1.54, 1.807) is 23.1 Å². The van der Waals surface area contributed by atoms with Crippen LogP contribution in [0.2, 0.25) is 0 Å². The number of benzene rings is 1. The van der Waals surface area contributed by atoms with Crippen molar-refractivity contribution in [2.45, 2.75) is 0 Å². The van der Waals surface area contributed by atoms with E-state index in [0.717, 1.165) is 5.69 Å². The van der Waals surface area contributed by atoms with E-state index in [-0.39, 0.29) is 5.82 Å². The Morgan fingerprint density at radius 1 is 1.17 bits per heavy atom. The fourth-order valence-corrected chi connectivity index (χ4v) is 0.935. The molecule has 0 saturated heterocycles. The van der Waals surface area contributed by atoms with E-state index < -0.39 is 0 Å². The molecule has 0 bridgehead atoms. The lowest BCUT2D eigenvalue weighted by molar-refractivity contribution is 0.627. The quantitative estimate of drug-likeness (QED) is 0.636. The van der Waals surface area contributed by atoms with Crippen molar-refractivity contribution in [2.75, 3.05) is 0 Å². The van der Waals surface area contributed by atoms with Crippen molar-refractivity contribution in [2.24, 2.45) is 0 Å². The molecule has 12 heavy (non-hydrogen) atoms. The molecular weight excluding hydrogens is 157 g/mol. The largest absolute Gasteiger partial charge is 0.223 e. The Kier molecular flexibility index (Phi) is 1.59. The zero-order chi connectivity index (χ0) is 8.39. The van der Waals surface area contributed by atoms with Crippen molar-refractivity contribution >= 4 is 0 Å². The second kappa shape index (κ2) is 2.73. The third-order valence-electron chi connectivity index (χ3n) is 1.51. The molecule has 0 radical (unpaired) electrons. The summed E-state index contributed by atoms with van der Waals surface area (Å²) in [6, 6.07) is 6.06. The van der Waals surface area contributed by atoms with Crippen molar-refractivity contribution in [3.05, 3.63) is 42.7 Å². The van der Waals surface area contributed by atoms with E-state index in [2.05, 4.69) is 10.1 Å². The predicted molar refractivity (Wildman–Crippen MR) is 41.3 cm³/mol. The maximum atomic E-state index is 12.5. The third kappa shape index (κ3) is 1.18. The van der Waals surface area contributed by atoms with E-state index in [1.165, 1.54) is 18.5 Å². The van der Waals surface area contributed by atoms with Gasteiger partial charge in [-0.3, -0.25) is 0 Å². The van der Waals surface area contributed by atoms with Crippen LogP contribution in [0.5, 0.6) is 0 Å². The first-order valence-electron chi connectivity index (χ1n) is 3.47. The molecule has 0 saturated carbocycles. The summed E-state index contributed by atoms with van der Waals surface area (Å²) in [5.41, 5.74) is 0.800. The first-order chi connectivity index (χ1) is 5.86. The van der Waals surface area contributed by atoms with Gasteiger partial charge in [0.05, 0.1) is 5.69 Å². The van der Waals surface area contributed by atoms with Gasteiger partial charge in [-0.05, 0) is 24.3 Å². The molecule has 60 valence electrons. The molecule has 0 atom stereocenters. The minimum atomic E-state index is -0.251. The number of hydrogen-bond donors (Lipinski definition) is 0. The first-order valence-corrected chi connectivity index (χ1v) is 3.47. The average molecular weight is 163 g/mol. The van der Waals surface area contributed by atoms with Gasteiger partial charge in [-0.15, -0.1) is 0 Å². The van der Waals surface area contributed by atoms with Crippen LogP contribution in [0.15, 0.2) is 36.9 Å². The Labute approximate surface area is 68.5 Å². The number of aromatic nitrogens is 3. The fourth-order valence-electron chi connectivity index (χ4n) is 0.935.